The SMILES string of the molecule is COc1ccc2c(c1)CC(Nc1c(Br)cccc1Br)CC2. The van der Waals surface area contributed by atoms with Crippen LogP contribution < -0.4 is 10.1 Å². The van der Waals surface area contributed by atoms with Crippen molar-refractivity contribution in [2.45, 2.75) is 25.3 Å². The van der Waals surface area contributed by atoms with Crippen molar-refractivity contribution in [2.24, 2.45) is 0 Å². The minimum Gasteiger partial charge on any atom is -0.497 e. The second-order valence-corrected chi connectivity index (χ2v) is 7.02. The molecule has 1 aliphatic carbocycles. The number of ether oxygens (including phenoxy) is 1. The molecule has 2 aromatic rings. The second kappa shape index (κ2) is 6.41. The van der Waals surface area contributed by atoms with Gasteiger partial charge in [0.2, 0.25) is 0 Å². The molecule has 0 saturated heterocycles. The highest BCUT2D eigenvalue weighted by Crippen LogP contribution is 2.33. The largest absolute Gasteiger partial charge is 0.497 e. The van der Waals surface area contributed by atoms with E-state index in [1.54, 1.807) is 7.11 Å². The maximum Gasteiger partial charge on any atom is 0.119 e. The fraction of sp³-hybridized carbons (Fsp3) is 0.294. The normalized spacial score (nSPS) is 17.2. The summed E-state index contributed by atoms with van der Waals surface area (Å²) in [5.74, 6) is 0.941. The van der Waals surface area contributed by atoms with E-state index in [1.165, 1.54) is 11.1 Å². The Hall–Kier alpha value is -1.000. The van der Waals surface area contributed by atoms with Gasteiger partial charge in [0.05, 0.1) is 12.8 Å². The van der Waals surface area contributed by atoms with Gasteiger partial charge in [-0.05, 0) is 86.5 Å². The summed E-state index contributed by atoms with van der Waals surface area (Å²) in [6.07, 6.45) is 3.28. The molecule has 0 amide bonds. The number of anilines is 1. The highest BCUT2D eigenvalue weighted by Gasteiger charge is 2.20. The molecule has 21 heavy (non-hydrogen) atoms. The topological polar surface area (TPSA) is 21.3 Å². The summed E-state index contributed by atoms with van der Waals surface area (Å²) in [5.41, 5.74) is 3.97. The Balaban J connectivity index is 1.80. The van der Waals surface area contributed by atoms with E-state index < -0.39 is 0 Å². The number of para-hydroxylation sites is 1. The van der Waals surface area contributed by atoms with Gasteiger partial charge in [0, 0.05) is 15.0 Å². The summed E-state index contributed by atoms with van der Waals surface area (Å²) in [6, 6.07) is 13.0. The van der Waals surface area contributed by atoms with Crippen LogP contribution in [-0.2, 0) is 12.8 Å². The number of halogens is 2. The first kappa shape index (κ1) is 14.9. The van der Waals surface area contributed by atoms with Crippen LogP contribution in [-0.4, -0.2) is 13.2 Å². The molecule has 0 aromatic heterocycles. The maximum atomic E-state index is 5.34. The van der Waals surface area contributed by atoms with Gasteiger partial charge in [-0.3, -0.25) is 0 Å². The number of methoxy groups -OCH3 is 1. The van der Waals surface area contributed by atoms with Gasteiger partial charge in [-0.1, -0.05) is 12.1 Å². The highest BCUT2D eigenvalue weighted by molar-refractivity contribution is 9.11. The van der Waals surface area contributed by atoms with Crippen LogP contribution in [0.3, 0.4) is 0 Å². The fourth-order valence-electron chi connectivity index (χ4n) is 2.82. The minimum absolute atomic E-state index is 0.444. The molecule has 1 N–H and O–H groups in total. The van der Waals surface area contributed by atoms with Crippen LogP contribution in [0.1, 0.15) is 17.5 Å². The Morgan fingerprint density at radius 1 is 1.10 bits per heavy atom. The zero-order chi connectivity index (χ0) is 14.8. The monoisotopic (exact) mass is 409 g/mol. The molecule has 1 atom stereocenters. The van der Waals surface area contributed by atoms with E-state index in [0.717, 1.165) is 39.6 Å². The fourth-order valence-corrected chi connectivity index (χ4v) is 4.05. The molecule has 1 unspecified atom stereocenters. The van der Waals surface area contributed by atoms with Gasteiger partial charge < -0.3 is 10.1 Å². The first-order valence-corrected chi connectivity index (χ1v) is 8.62. The van der Waals surface area contributed by atoms with Crippen molar-refractivity contribution in [3.05, 3.63) is 56.5 Å². The van der Waals surface area contributed by atoms with Crippen LogP contribution in [0, 0.1) is 0 Å². The molecule has 2 nitrogen and oxygen atoms in total. The molecule has 3 rings (SSSR count). The van der Waals surface area contributed by atoms with Crippen molar-refractivity contribution >= 4 is 37.5 Å². The van der Waals surface area contributed by atoms with Crippen LogP contribution in [0.25, 0.3) is 0 Å². The van der Waals surface area contributed by atoms with Gasteiger partial charge in [0.1, 0.15) is 5.75 Å². The number of hydrogen-bond donors (Lipinski definition) is 1. The average molecular weight is 411 g/mol. The molecule has 110 valence electrons. The van der Waals surface area contributed by atoms with Gasteiger partial charge in [-0.25, -0.2) is 0 Å². The molecule has 0 heterocycles. The lowest BCUT2D eigenvalue weighted by molar-refractivity contribution is 0.413. The predicted octanol–water partition coefficient (Wildman–Crippen LogP) is 5.19. The first-order chi connectivity index (χ1) is 10.2. The van der Waals surface area contributed by atoms with E-state index in [0.29, 0.717) is 6.04 Å². The van der Waals surface area contributed by atoms with Crippen LogP contribution in [0.4, 0.5) is 5.69 Å². The molecule has 1 aliphatic rings. The lowest BCUT2D eigenvalue weighted by Gasteiger charge is -2.27. The average Bonchev–Trinajstić information content (AvgIpc) is 2.50. The summed E-state index contributed by atoms with van der Waals surface area (Å²) in [7, 11) is 1.72. The first-order valence-electron chi connectivity index (χ1n) is 7.03. The number of aryl methyl sites for hydroxylation is 1. The van der Waals surface area contributed by atoms with Crippen molar-refractivity contribution in [3.8, 4) is 5.75 Å². The molecule has 0 fully saturated rings. The van der Waals surface area contributed by atoms with Crippen molar-refractivity contribution in [2.75, 3.05) is 12.4 Å². The van der Waals surface area contributed by atoms with Gasteiger partial charge in [0.25, 0.3) is 0 Å². The molecule has 2 aromatic carbocycles. The third-order valence-electron chi connectivity index (χ3n) is 3.95. The number of benzene rings is 2. The van der Waals surface area contributed by atoms with Crippen LogP contribution >= 0.6 is 31.9 Å². The van der Waals surface area contributed by atoms with Crippen LogP contribution in [0.2, 0.25) is 0 Å². The van der Waals surface area contributed by atoms with Gasteiger partial charge in [0.15, 0.2) is 0 Å². The molecular weight excluding hydrogens is 394 g/mol. The van der Waals surface area contributed by atoms with Gasteiger partial charge >= 0.3 is 0 Å². The summed E-state index contributed by atoms with van der Waals surface area (Å²) in [4.78, 5) is 0. The second-order valence-electron chi connectivity index (χ2n) is 5.32. The van der Waals surface area contributed by atoms with Crippen LogP contribution in [0.15, 0.2) is 45.3 Å². The van der Waals surface area contributed by atoms with E-state index in [2.05, 4.69) is 67.5 Å². The van der Waals surface area contributed by atoms with Crippen molar-refractivity contribution in [1.29, 1.82) is 0 Å². The molecule has 0 aliphatic heterocycles. The zero-order valence-corrected chi connectivity index (χ0v) is 15.0. The molecule has 0 spiro atoms. The molecule has 4 heteroatoms. The molecule has 0 saturated carbocycles. The minimum atomic E-state index is 0.444. The number of rotatable bonds is 3. The highest BCUT2D eigenvalue weighted by atomic mass is 79.9. The van der Waals surface area contributed by atoms with E-state index in [-0.39, 0.29) is 0 Å². The van der Waals surface area contributed by atoms with E-state index in [1.807, 2.05) is 6.07 Å². The summed E-state index contributed by atoms with van der Waals surface area (Å²) >= 11 is 7.23. The van der Waals surface area contributed by atoms with Crippen molar-refractivity contribution < 1.29 is 4.74 Å². The quantitative estimate of drug-likeness (QED) is 0.751. The van der Waals surface area contributed by atoms with E-state index in [9.17, 15) is 0 Å². The summed E-state index contributed by atoms with van der Waals surface area (Å²) in [5, 5.41) is 3.66. The van der Waals surface area contributed by atoms with Crippen LogP contribution in [0.5, 0.6) is 5.75 Å². The van der Waals surface area contributed by atoms with Crippen molar-refractivity contribution in [1.82, 2.24) is 0 Å². The Bertz CT molecular complexity index is 637. The lowest BCUT2D eigenvalue weighted by Crippen LogP contribution is -2.27. The maximum absolute atomic E-state index is 5.34. The lowest BCUT2D eigenvalue weighted by atomic mass is 9.88. The summed E-state index contributed by atoms with van der Waals surface area (Å²) < 4.78 is 7.52. The summed E-state index contributed by atoms with van der Waals surface area (Å²) in [6.45, 7) is 0. The van der Waals surface area contributed by atoms with Gasteiger partial charge in [-0.2, -0.15) is 0 Å². The van der Waals surface area contributed by atoms with Crippen molar-refractivity contribution in [3.63, 3.8) is 0 Å². The number of fused-ring (bicyclic) bond motifs is 1. The Labute approximate surface area is 142 Å². The Kier molecular flexibility index (Phi) is 4.55. The third kappa shape index (κ3) is 3.27. The smallest absolute Gasteiger partial charge is 0.119 e. The molecule has 0 bridgehead atoms. The Morgan fingerprint density at radius 3 is 2.57 bits per heavy atom. The predicted molar refractivity (Wildman–Crippen MR) is 94.3 cm³/mol. The van der Waals surface area contributed by atoms with Gasteiger partial charge in [-0.15, -0.1) is 0 Å². The standard InChI is InChI=1S/C17H17Br2NO/c1-21-14-8-6-11-5-7-13(9-12(11)10-14)20-17-15(18)3-2-4-16(17)19/h2-4,6,8,10,13,20H,5,7,9H2,1H3. The van der Waals surface area contributed by atoms with E-state index in [4.69, 9.17) is 4.74 Å². The zero-order valence-electron chi connectivity index (χ0n) is 11.8. The molecular formula is C17H17Br2NO. The molecule has 0 radical (unpaired) electrons. The third-order valence-corrected chi connectivity index (χ3v) is 5.27. The Morgan fingerprint density at radius 2 is 1.86 bits per heavy atom. The number of hydrogen-bond acceptors (Lipinski definition) is 2. The van der Waals surface area contributed by atoms with E-state index >= 15 is 0 Å². The number of nitrogens with one attached hydrogen (secondary N) is 1.